The van der Waals surface area contributed by atoms with Crippen molar-refractivity contribution < 1.29 is 14.1 Å². The lowest BCUT2D eigenvalue weighted by molar-refractivity contribution is -0.384. The summed E-state index contributed by atoms with van der Waals surface area (Å²) in [6, 6.07) is 9.94. The molecule has 2 aliphatic rings. The number of amides is 1. The Labute approximate surface area is 195 Å². The maximum atomic E-state index is 14.8. The fourth-order valence-corrected chi connectivity index (χ4v) is 4.84. The Morgan fingerprint density at radius 1 is 1.03 bits per heavy atom. The van der Waals surface area contributed by atoms with E-state index in [4.69, 9.17) is 0 Å². The Morgan fingerprint density at radius 3 is 2.28 bits per heavy atom. The molecule has 0 radical (unpaired) electrons. The Hall–Kier alpha value is -2.68. The number of nitro benzene ring substituents is 1. The molecule has 0 aromatic heterocycles. The molecule has 1 amide bonds. The summed E-state index contributed by atoms with van der Waals surface area (Å²) in [5, 5.41) is 11.7. The molecule has 0 bridgehead atoms. The summed E-state index contributed by atoms with van der Waals surface area (Å²) in [6.07, 6.45) is 1.95. The van der Waals surface area contributed by atoms with Gasteiger partial charge in [0.25, 0.3) is 11.6 Å². The summed E-state index contributed by atoms with van der Waals surface area (Å²) < 4.78 is 15.5. The van der Waals surface area contributed by atoms with Crippen LogP contribution < -0.4 is 9.80 Å². The van der Waals surface area contributed by atoms with Crippen LogP contribution in [0.4, 0.5) is 21.5 Å². The molecule has 0 aliphatic carbocycles. The summed E-state index contributed by atoms with van der Waals surface area (Å²) in [5.41, 5.74) is 1.19. The molecule has 0 saturated carbocycles. The molecule has 2 fully saturated rings. The first-order valence-corrected chi connectivity index (χ1v) is 11.7. The van der Waals surface area contributed by atoms with Crippen molar-refractivity contribution in [3.63, 3.8) is 0 Å². The van der Waals surface area contributed by atoms with Gasteiger partial charge in [-0.3, -0.25) is 14.9 Å². The average Bonchev–Trinajstić information content (AvgIpc) is 2.79. The molecule has 170 valence electrons. The van der Waals surface area contributed by atoms with E-state index >= 15 is 0 Å². The van der Waals surface area contributed by atoms with Crippen LogP contribution in [0.25, 0.3) is 0 Å². The highest BCUT2D eigenvalue weighted by Crippen LogP contribution is 2.37. The van der Waals surface area contributed by atoms with E-state index in [9.17, 15) is 19.3 Å². The van der Waals surface area contributed by atoms with Gasteiger partial charge in [-0.25, -0.2) is 4.39 Å². The minimum Gasteiger partial charge on any atom is -0.369 e. The van der Waals surface area contributed by atoms with Crippen molar-refractivity contribution in [3.05, 3.63) is 62.4 Å². The molecule has 7 nitrogen and oxygen atoms in total. The maximum absolute atomic E-state index is 14.8. The minimum atomic E-state index is -0.558. The second-order valence-corrected chi connectivity index (χ2v) is 9.33. The topological polar surface area (TPSA) is 69.9 Å². The molecule has 9 heteroatoms. The van der Waals surface area contributed by atoms with Gasteiger partial charge < -0.3 is 14.7 Å². The number of piperidine rings is 1. The van der Waals surface area contributed by atoms with Crippen molar-refractivity contribution >= 4 is 38.9 Å². The van der Waals surface area contributed by atoms with Crippen molar-refractivity contribution in [2.24, 2.45) is 5.92 Å². The molecule has 2 saturated heterocycles. The number of carbonyl (C=O) groups is 1. The Bertz CT molecular complexity index is 1020. The van der Waals surface area contributed by atoms with Crippen LogP contribution in [0.3, 0.4) is 0 Å². The number of hydrogen-bond donors (Lipinski definition) is 0. The van der Waals surface area contributed by atoms with Gasteiger partial charge >= 0.3 is 0 Å². The molecule has 2 aromatic carbocycles. The first-order valence-electron chi connectivity index (χ1n) is 10.9. The van der Waals surface area contributed by atoms with Gasteiger partial charge in [0.2, 0.25) is 0 Å². The number of nitro groups is 1. The van der Waals surface area contributed by atoms with Crippen LogP contribution in [0.2, 0.25) is 0 Å². The molecule has 0 N–H and O–H groups in total. The Morgan fingerprint density at radius 2 is 1.66 bits per heavy atom. The zero-order valence-electron chi connectivity index (χ0n) is 18.0. The third-order valence-electron chi connectivity index (χ3n) is 6.38. The van der Waals surface area contributed by atoms with E-state index in [2.05, 4.69) is 22.9 Å². The summed E-state index contributed by atoms with van der Waals surface area (Å²) in [4.78, 5) is 29.6. The third-order valence-corrected chi connectivity index (χ3v) is 7.07. The van der Waals surface area contributed by atoms with E-state index in [-0.39, 0.29) is 11.6 Å². The van der Waals surface area contributed by atoms with Crippen LogP contribution in [-0.2, 0) is 0 Å². The first kappa shape index (κ1) is 22.5. The van der Waals surface area contributed by atoms with E-state index in [1.54, 1.807) is 17.0 Å². The molecular formula is C23H26BrFN4O3. The van der Waals surface area contributed by atoms with E-state index < -0.39 is 10.7 Å². The Balaban J connectivity index is 1.54. The number of rotatable bonds is 4. The van der Waals surface area contributed by atoms with E-state index in [1.807, 2.05) is 28.0 Å². The van der Waals surface area contributed by atoms with Gasteiger partial charge in [0.15, 0.2) is 5.82 Å². The highest BCUT2D eigenvalue weighted by atomic mass is 79.9. The zero-order valence-corrected chi connectivity index (χ0v) is 19.6. The van der Waals surface area contributed by atoms with Crippen LogP contribution in [0.5, 0.6) is 0 Å². The van der Waals surface area contributed by atoms with E-state index in [0.717, 1.165) is 36.5 Å². The normalized spacial score (nSPS) is 17.5. The van der Waals surface area contributed by atoms with Gasteiger partial charge in [-0.2, -0.15) is 0 Å². The highest BCUT2D eigenvalue weighted by molar-refractivity contribution is 9.10. The fraction of sp³-hybridized carbons (Fsp3) is 0.435. The van der Waals surface area contributed by atoms with Gasteiger partial charge in [-0.15, -0.1) is 0 Å². The summed E-state index contributed by atoms with van der Waals surface area (Å²) in [5.74, 6) is -0.0336. The van der Waals surface area contributed by atoms with Crippen LogP contribution in [-0.4, -0.2) is 55.0 Å². The molecule has 32 heavy (non-hydrogen) atoms. The lowest BCUT2D eigenvalue weighted by Gasteiger charge is -2.37. The SMILES string of the molecule is CC1CCN(c2cc(N3CCN(C(=O)c4ccccc4Br)CC3)c([N+](=O)[O-])cc2F)CC1. The number of benzene rings is 2. The molecule has 2 aromatic rings. The van der Waals surface area contributed by atoms with Gasteiger partial charge in [0.05, 0.1) is 22.2 Å². The number of anilines is 2. The number of halogens is 2. The fourth-order valence-electron chi connectivity index (χ4n) is 4.39. The third kappa shape index (κ3) is 4.57. The number of piperazine rings is 1. The predicted octanol–water partition coefficient (Wildman–Crippen LogP) is 4.70. The predicted molar refractivity (Wildman–Crippen MR) is 126 cm³/mol. The van der Waals surface area contributed by atoms with Crippen molar-refractivity contribution in [1.29, 1.82) is 0 Å². The molecule has 2 aliphatic heterocycles. The molecule has 2 heterocycles. The Kier molecular flexibility index (Phi) is 6.64. The van der Waals surface area contributed by atoms with Crippen LogP contribution in [0.1, 0.15) is 30.1 Å². The quantitative estimate of drug-likeness (QED) is 0.446. The smallest absolute Gasteiger partial charge is 0.295 e. The van der Waals surface area contributed by atoms with Crippen molar-refractivity contribution in [3.8, 4) is 0 Å². The van der Waals surface area contributed by atoms with Gasteiger partial charge in [-0.1, -0.05) is 19.1 Å². The monoisotopic (exact) mass is 504 g/mol. The molecule has 0 atom stereocenters. The lowest BCUT2D eigenvalue weighted by Crippen LogP contribution is -2.49. The van der Waals surface area contributed by atoms with Crippen molar-refractivity contribution in [2.75, 3.05) is 49.1 Å². The molecule has 0 spiro atoms. The van der Waals surface area contributed by atoms with E-state index in [1.165, 1.54) is 0 Å². The van der Waals surface area contributed by atoms with Gasteiger partial charge in [-0.05, 0) is 52.9 Å². The van der Waals surface area contributed by atoms with Crippen molar-refractivity contribution in [2.45, 2.75) is 19.8 Å². The lowest BCUT2D eigenvalue weighted by atomic mass is 9.98. The molecular weight excluding hydrogens is 479 g/mol. The zero-order chi connectivity index (χ0) is 22.8. The second kappa shape index (κ2) is 9.44. The second-order valence-electron chi connectivity index (χ2n) is 8.48. The van der Waals surface area contributed by atoms with E-state index in [0.29, 0.717) is 49.0 Å². The van der Waals surface area contributed by atoms with Crippen LogP contribution >= 0.6 is 15.9 Å². The van der Waals surface area contributed by atoms with Crippen molar-refractivity contribution in [1.82, 2.24) is 4.90 Å². The molecule has 4 rings (SSSR count). The summed E-state index contributed by atoms with van der Waals surface area (Å²) >= 11 is 3.42. The van der Waals surface area contributed by atoms with Crippen LogP contribution in [0, 0.1) is 21.8 Å². The standard InChI is InChI=1S/C23H26BrFN4O3/c1-16-6-8-26(9-7-16)20-15-21(22(29(31)32)14-19(20)25)27-10-12-28(13-11-27)23(30)17-4-2-3-5-18(17)24/h2-5,14-16H,6-13H2,1H3. The summed E-state index contributed by atoms with van der Waals surface area (Å²) in [7, 11) is 0. The maximum Gasteiger partial charge on any atom is 0.295 e. The first-order chi connectivity index (χ1) is 15.3. The van der Waals surface area contributed by atoms with Crippen LogP contribution in [0.15, 0.2) is 40.9 Å². The summed E-state index contributed by atoms with van der Waals surface area (Å²) in [6.45, 7) is 5.42. The minimum absolute atomic E-state index is 0.0751. The highest BCUT2D eigenvalue weighted by Gasteiger charge is 2.30. The number of nitrogens with zero attached hydrogens (tertiary/aromatic N) is 4. The molecule has 0 unspecified atom stereocenters. The number of hydrogen-bond acceptors (Lipinski definition) is 5. The number of carbonyl (C=O) groups excluding carboxylic acids is 1. The van der Waals surface area contributed by atoms with Gasteiger partial charge in [0, 0.05) is 43.7 Å². The largest absolute Gasteiger partial charge is 0.369 e. The average molecular weight is 505 g/mol. The van der Waals surface area contributed by atoms with Gasteiger partial charge in [0.1, 0.15) is 5.69 Å².